The molecule has 1 N–H and O–H groups in total. The van der Waals surface area contributed by atoms with Crippen molar-refractivity contribution < 1.29 is 4.74 Å². The monoisotopic (exact) mass is 201 g/mol. The van der Waals surface area contributed by atoms with Gasteiger partial charge in [0, 0.05) is 13.1 Å². The van der Waals surface area contributed by atoms with Gasteiger partial charge in [0.2, 0.25) is 5.88 Å². The number of aromatic amines is 1. The number of aromatic nitrogens is 2. The molecule has 2 rings (SSSR count). The highest BCUT2D eigenvalue weighted by molar-refractivity contribution is 5.61. The summed E-state index contributed by atoms with van der Waals surface area (Å²) in [5, 5.41) is 6.89. The Kier molecular flexibility index (Phi) is 2.78. The van der Waals surface area contributed by atoms with Crippen LogP contribution >= 0.6 is 0 Å². The normalized spacial score (nSPS) is 10.7. The lowest BCUT2D eigenvalue weighted by Crippen LogP contribution is -1.88. The molecular formula is C11H11N3O. The van der Waals surface area contributed by atoms with Crippen molar-refractivity contribution in [2.45, 2.75) is 0 Å². The number of benzene rings is 1. The molecule has 0 unspecified atom stereocenters. The van der Waals surface area contributed by atoms with Gasteiger partial charge in [-0.15, -0.1) is 5.10 Å². The fraction of sp³-hybridized carbons (Fsp3) is 0.0909. The minimum Gasteiger partial charge on any atom is -0.426 e. The fourth-order valence-electron chi connectivity index (χ4n) is 1.24. The Morgan fingerprint density at radius 1 is 1.33 bits per heavy atom. The fourth-order valence-corrected chi connectivity index (χ4v) is 1.24. The summed E-state index contributed by atoms with van der Waals surface area (Å²) in [6.07, 6.45) is 1.35. The van der Waals surface area contributed by atoms with Gasteiger partial charge in [0.1, 0.15) is 0 Å². The average Bonchev–Trinajstić information content (AvgIpc) is 2.76. The molecule has 2 aromatic rings. The molecule has 4 nitrogen and oxygen atoms in total. The highest BCUT2D eigenvalue weighted by Gasteiger charge is 2.02. The zero-order valence-electron chi connectivity index (χ0n) is 8.34. The number of nitrogens with one attached hydrogen (secondary N) is 1. The highest BCUT2D eigenvalue weighted by atomic mass is 16.5. The number of rotatable bonds is 3. The Bertz CT molecular complexity index is 448. The Morgan fingerprint density at radius 3 is 2.87 bits per heavy atom. The molecule has 0 aliphatic heterocycles. The van der Waals surface area contributed by atoms with E-state index in [9.17, 15) is 0 Å². The number of aliphatic imine (C=N–C) groups is 1. The second-order valence-electron chi connectivity index (χ2n) is 2.97. The van der Waals surface area contributed by atoms with Crippen molar-refractivity contribution in [3.8, 4) is 17.1 Å². The molecule has 0 fully saturated rings. The lowest BCUT2D eigenvalue weighted by Gasteiger charge is -1.93. The summed E-state index contributed by atoms with van der Waals surface area (Å²) in [6, 6.07) is 11.8. The molecule has 0 aliphatic rings. The van der Waals surface area contributed by atoms with Crippen LogP contribution in [-0.4, -0.2) is 23.6 Å². The largest absolute Gasteiger partial charge is 0.426 e. The van der Waals surface area contributed by atoms with Gasteiger partial charge in [0.15, 0.2) is 6.40 Å². The van der Waals surface area contributed by atoms with Crippen molar-refractivity contribution >= 4 is 6.40 Å². The molecule has 0 bridgehead atoms. The second-order valence-corrected chi connectivity index (χ2v) is 2.97. The zero-order chi connectivity index (χ0) is 10.5. The summed E-state index contributed by atoms with van der Waals surface area (Å²) in [4.78, 5) is 3.71. The van der Waals surface area contributed by atoms with Crippen LogP contribution in [-0.2, 0) is 0 Å². The quantitative estimate of drug-likeness (QED) is 0.610. The number of hydrogen-bond donors (Lipinski definition) is 1. The minimum absolute atomic E-state index is 0.513. The van der Waals surface area contributed by atoms with Crippen LogP contribution in [0.5, 0.6) is 5.88 Å². The molecule has 1 heterocycles. The van der Waals surface area contributed by atoms with E-state index in [1.807, 2.05) is 36.4 Å². The van der Waals surface area contributed by atoms with Gasteiger partial charge in [-0.3, -0.25) is 10.1 Å². The van der Waals surface area contributed by atoms with Gasteiger partial charge in [-0.2, -0.15) is 0 Å². The van der Waals surface area contributed by atoms with E-state index < -0.39 is 0 Å². The first-order valence-electron chi connectivity index (χ1n) is 4.58. The van der Waals surface area contributed by atoms with E-state index >= 15 is 0 Å². The van der Waals surface area contributed by atoms with Crippen molar-refractivity contribution in [2.24, 2.45) is 4.99 Å². The SMILES string of the molecule is C/N=C\Oc1cc(-c2ccccc2)[nH]n1. The van der Waals surface area contributed by atoms with Crippen LogP contribution in [0, 0.1) is 0 Å². The molecule has 0 radical (unpaired) electrons. The van der Waals surface area contributed by atoms with Gasteiger partial charge in [0.05, 0.1) is 5.69 Å². The smallest absolute Gasteiger partial charge is 0.239 e. The number of nitrogens with zero attached hydrogens (tertiary/aromatic N) is 2. The van der Waals surface area contributed by atoms with Crippen molar-refractivity contribution in [1.82, 2.24) is 10.2 Å². The highest BCUT2D eigenvalue weighted by Crippen LogP contribution is 2.19. The van der Waals surface area contributed by atoms with Crippen molar-refractivity contribution in [3.63, 3.8) is 0 Å². The Labute approximate surface area is 87.6 Å². The van der Waals surface area contributed by atoms with Crippen LogP contribution in [0.2, 0.25) is 0 Å². The zero-order valence-corrected chi connectivity index (χ0v) is 8.34. The molecule has 0 aliphatic carbocycles. The van der Waals surface area contributed by atoms with Crippen LogP contribution in [0.4, 0.5) is 0 Å². The molecule has 15 heavy (non-hydrogen) atoms. The van der Waals surface area contributed by atoms with Crippen molar-refractivity contribution in [1.29, 1.82) is 0 Å². The van der Waals surface area contributed by atoms with E-state index in [1.54, 1.807) is 7.05 Å². The van der Waals surface area contributed by atoms with Crippen LogP contribution < -0.4 is 4.74 Å². The third kappa shape index (κ3) is 2.22. The predicted molar refractivity (Wildman–Crippen MR) is 59.1 cm³/mol. The molecule has 0 amide bonds. The number of hydrogen-bond acceptors (Lipinski definition) is 3. The van der Waals surface area contributed by atoms with Crippen LogP contribution in [0.3, 0.4) is 0 Å². The van der Waals surface area contributed by atoms with Gasteiger partial charge >= 0.3 is 0 Å². The van der Waals surface area contributed by atoms with E-state index in [0.717, 1.165) is 11.3 Å². The first kappa shape index (κ1) is 9.45. The second kappa shape index (κ2) is 4.41. The van der Waals surface area contributed by atoms with E-state index in [1.165, 1.54) is 6.40 Å². The average molecular weight is 201 g/mol. The molecule has 0 saturated carbocycles. The molecule has 0 spiro atoms. The van der Waals surface area contributed by atoms with Gasteiger partial charge in [-0.1, -0.05) is 30.3 Å². The lowest BCUT2D eigenvalue weighted by atomic mass is 10.2. The van der Waals surface area contributed by atoms with Gasteiger partial charge < -0.3 is 4.74 Å². The van der Waals surface area contributed by atoms with Crippen molar-refractivity contribution in [3.05, 3.63) is 36.4 Å². The van der Waals surface area contributed by atoms with Crippen LogP contribution in [0.15, 0.2) is 41.4 Å². The summed E-state index contributed by atoms with van der Waals surface area (Å²) in [7, 11) is 1.64. The third-order valence-corrected chi connectivity index (χ3v) is 1.92. The molecular weight excluding hydrogens is 190 g/mol. The summed E-state index contributed by atoms with van der Waals surface area (Å²) in [6.45, 7) is 0. The Hall–Kier alpha value is -2.10. The van der Waals surface area contributed by atoms with Gasteiger partial charge in [-0.25, -0.2) is 0 Å². The molecule has 0 saturated heterocycles. The Morgan fingerprint density at radius 2 is 2.13 bits per heavy atom. The molecule has 1 aromatic heterocycles. The maximum Gasteiger partial charge on any atom is 0.239 e. The molecule has 76 valence electrons. The number of ether oxygens (including phenoxy) is 1. The van der Waals surface area contributed by atoms with Crippen LogP contribution in [0.25, 0.3) is 11.3 Å². The summed E-state index contributed by atoms with van der Waals surface area (Å²) in [5.74, 6) is 0.513. The maximum atomic E-state index is 5.12. The standard InChI is InChI=1S/C11H11N3O/c1-12-8-15-11-7-10(13-14-11)9-5-3-2-4-6-9/h2-8H,1H3,(H,13,14)/b12-8-. The third-order valence-electron chi connectivity index (χ3n) is 1.92. The minimum atomic E-state index is 0.513. The number of H-pyrrole nitrogens is 1. The first-order valence-corrected chi connectivity index (χ1v) is 4.58. The van der Waals surface area contributed by atoms with Gasteiger partial charge in [0.25, 0.3) is 0 Å². The van der Waals surface area contributed by atoms with E-state index in [0.29, 0.717) is 5.88 Å². The first-order chi connectivity index (χ1) is 7.40. The van der Waals surface area contributed by atoms with E-state index in [-0.39, 0.29) is 0 Å². The van der Waals surface area contributed by atoms with Crippen molar-refractivity contribution in [2.75, 3.05) is 7.05 Å². The molecule has 4 heteroatoms. The van der Waals surface area contributed by atoms with Gasteiger partial charge in [-0.05, 0) is 5.56 Å². The van der Waals surface area contributed by atoms with E-state index in [2.05, 4.69) is 15.2 Å². The summed E-state index contributed by atoms with van der Waals surface area (Å²) < 4.78 is 5.12. The maximum absolute atomic E-state index is 5.12. The predicted octanol–water partition coefficient (Wildman–Crippen LogP) is 2.11. The molecule has 0 atom stereocenters. The summed E-state index contributed by atoms with van der Waals surface area (Å²) >= 11 is 0. The molecule has 1 aromatic carbocycles. The Balaban J connectivity index is 2.20. The van der Waals surface area contributed by atoms with E-state index in [4.69, 9.17) is 4.74 Å². The van der Waals surface area contributed by atoms with Crippen LogP contribution in [0.1, 0.15) is 0 Å². The lowest BCUT2D eigenvalue weighted by molar-refractivity contribution is 0.546. The topological polar surface area (TPSA) is 50.3 Å². The summed E-state index contributed by atoms with van der Waals surface area (Å²) in [5.41, 5.74) is 2.00.